The van der Waals surface area contributed by atoms with E-state index in [1.54, 1.807) is 6.34 Å². The van der Waals surface area contributed by atoms with Gasteiger partial charge in [-0.3, -0.25) is 4.99 Å². The van der Waals surface area contributed by atoms with Crippen LogP contribution in [0.5, 0.6) is 0 Å². The van der Waals surface area contributed by atoms with Gasteiger partial charge in [-0.05, 0) is 31.1 Å². The van der Waals surface area contributed by atoms with E-state index < -0.39 is 0 Å². The van der Waals surface area contributed by atoms with Crippen LogP contribution < -0.4 is 5.32 Å². The van der Waals surface area contributed by atoms with E-state index in [2.05, 4.69) is 36.3 Å². The smallest absolute Gasteiger partial charge is 0.106 e. The van der Waals surface area contributed by atoms with Gasteiger partial charge in [-0.2, -0.15) is 0 Å². The molecule has 1 N–H and O–H groups in total. The minimum atomic E-state index is 0.224. The maximum atomic E-state index is 4.40. The predicted molar refractivity (Wildman–Crippen MR) is 61.9 cm³/mol. The SMILES string of the molecule is CCc1cc(C)c(C2C=CNC=N2)s1. The van der Waals surface area contributed by atoms with E-state index in [0.717, 1.165) is 6.42 Å². The van der Waals surface area contributed by atoms with Crippen molar-refractivity contribution in [3.05, 3.63) is 33.7 Å². The highest BCUT2D eigenvalue weighted by Crippen LogP contribution is 2.31. The summed E-state index contributed by atoms with van der Waals surface area (Å²) >= 11 is 1.87. The summed E-state index contributed by atoms with van der Waals surface area (Å²) in [6.45, 7) is 4.35. The van der Waals surface area contributed by atoms with Crippen LogP contribution in [0, 0.1) is 6.92 Å². The molecule has 0 saturated heterocycles. The Bertz CT molecular complexity index is 365. The summed E-state index contributed by atoms with van der Waals surface area (Å²) in [6, 6.07) is 2.49. The highest BCUT2D eigenvalue weighted by Gasteiger charge is 2.13. The fraction of sp³-hybridized carbons (Fsp3) is 0.364. The summed E-state index contributed by atoms with van der Waals surface area (Å²) in [4.78, 5) is 7.21. The lowest BCUT2D eigenvalue weighted by Gasteiger charge is -2.10. The molecule has 0 fully saturated rings. The van der Waals surface area contributed by atoms with Gasteiger partial charge in [-0.1, -0.05) is 6.92 Å². The largest absolute Gasteiger partial charge is 0.353 e. The Labute approximate surface area is 88.4 Å². The van der Waals surface area contributed by atoms with Crippen LogP contribution in [-0.2, 0) is 6.42 Å². The lowest BCUT2D eigenvalue weighted by molar-refractivity contribution is 0.897. The lowest BCUT2D eigenvalue weighted by Crippen LogP contribution is -2.08. The third-order valence-corrected chi connectivity index (χ3v) is 3.76. The van der Waals surface area contributed by atoms with Gasteiger partial charge < -0.3 is 5.32 Å². The number of hydrogen-bond acceptors (Lipinski definition) is 3. The van der Waals surface area contributed by atoms with Crippen LogP contribution in [0.25, 0.3) is 0 Å². The molecule has 1 unspecified atom stereocenters. The van der Waals surface area contributed by atoms with Crippen molar-refractivity contribution in [3.63, 3.8) is 0 Å². The fourth-order valence-electron chi connectivity index (χ4n) is 1.55. The minimum absolute atomic E-state index is 0.224. The zero-order valence-corrected chi connectivity index (χ0v) is 9.27. The number of aryl methyl sites for hydroxylation is 2. The molecule has 0 saturated carbocycles. The van der Waals surface area contributed by atoms with Crippen molar-refractivity contribution in [2.24, 2.45) is 4.99 Å². The van der Waals surface area contributed by atoms with E-state index in [9.17, 15) is 0 Å². The first-order valence-electron chi connectivity index (χ1n) is 4.85. The summed E-state index contributed by atoms with van der Waals surface area (Å²) in [7, 11) is 0. The molecular weight excluding hydrogens is 192 g/mol. The maximum absolute atomic E-state index is 4.40. The average molecular weight is 206 g/mol. The average Bonchev–Trinajstić information content (AvgIpc) is 2.61. The zero-order valence-electron chi connectivity index (χ0n) is 8.45. The van der Waals surface area contributed by atoms with Crippen molar-refractivity contribution < 1.29 is 0 Å². The molecule has 0 amide bonds. The Kier molecular flexibility index (Phi) is 2.68. The quantitative estimate of drug-likeness (QED) is 0.790. The van der Waals surface area contributed by atoms with E-state index in [0.29, 0.717) is 0 Å². The Hall–Kier alpha value is -1.09. The second-order valence-electron chi connectivity index (χ2n) is 3.36. The minimum Gasteiger partial charge on any atom is -0.353 e. The molecule has 1 aliphatic rings. The summed E-state index contributed by atoms with van der Waals surface area (Å²) in [5.41, 5.74) is 1.36. The topological polar surface area (TPSA) is 24.4 Å². The predicted octanol–water partition coefficient (Wildman–Crippen LogP) is 2.81. The van der Waals surface area contributed by atoms with Crippen LogP contribution in [0.15, 0.2) is 23.3 Å². The molecule has 0 aliphatic carbocycles. The van der Waals surface area contributed by atoms with Gasteiger partial charge in [0.25, 0.3) is 0 Å². The Morgan fingerprint density at radius 3 is 3.00 bits per heavy atom. The van der Waals surface area contributed by atoms with E-state index in [1.807, 2.05) is 17.5 Å². The van der Waals surface area contributed by atoms with Gasteiger partial charge in [0.05, 0.1) is 6.34 Å². The molecule has 2 heterocycles. The molecule has 0 radical (unpaired) electrons. The lowest BCUT2D eigenvalue weighted by atomic mass is 10.1. The molecule has 74 valence electrons. The monoisotopic (exact) mass is 206 g/mol. The second kappa shape index (κ2) is 3.96. The van der Waals surface area contributed by atoms with Crippen molar-refractivity contribution >= 4 is 17.7 Å². The Balaban J connectivity index is 2.30. The van der Waals surface area contributed by atoms with E-state index in [-0.39, 0.29) is 6.04 Å². The molecule has 14 heavy (non-hydrogen) atoms. The Morgan fingerprint density at radius 2 is 2.43 bits per heavy atom. The van der Waals surface area contributed by atoms with Gasteiger partial charge in [0.2, 0.25) is 0 Å². The van der Waals surface area contributed by atoms with Crippen LogP contribution in [-0.4, -0.2) is 6.34 Å². The normalized spacial score (nSPS) is 19.7. The molecule has 2 nitrogen and oxygen atoms in total. The van der Waals surface area contributed by atoms with E-state index in [4.69, 9.17) is 0 Å². The summed E-state index contributed by atoms with van der Waals surface area (Å²) < 4.78 is 0. The molecule has 0 spiro atoms. The summed E-state index contributed by atoms with van der Waals surface area (Å²) in [5.74, 6) is 0. The highest BCUT2D eigenvalue weighted by atomic mass is 32.1. The number of rotatable bonds is 2. The van der Waals surface area contributed by atoms with E-state index in [1.165, 1.54) is 15.3 Å². The summed E-state index contributed by atoms with van der Waals surface area (Å²) in [5, 5.41) is 2.96. The van der Waals surface area contributed by atoms with Gasteiger partial charge in [-0.15, -0.1) is 11.3 Å². The van der Waals surface area contributed by atoms with Crippen molar-refractivity contribution in [1.82, 2.24) is 5.32 Å². The third-order valence-electron chi connectivity index (χ3n) is 2.31. The molecule has 2 rings (SSSR count). The highest BCUT2D eigenvalue weighted by molar-refractivity contribution is 7.12. The first-order chi connectivity index (χ1) is 6.81. The van der Waals surface area contributed by atoms with Crippen molar-refractivity contribution in [1.29, 1.82) is 0 Å². The number of hydrogen-bond donors (Lipinski definition) is 1. The fourth-order valence-corrected chi connectivity index (χ4v) is 2.69. The number of nitrogens with zero attached hydrogens (tertiary/aromatic N) is 1. The maximum Gasteiger partial charge on any atom is 0.106 e. The van der Waals surface area contributed by atoms with Gasteiger partial charge in [0.1, 0.15) is 6.04 Å². The van der Waals surface area contributed by atoms with Crippen LogP contribution in [0.2, 0.25) is 0 Å². The molecule has 0 aromatic carbocycles. The molecular formula is C11H14N2S. The van der Waals surface area contributed by atoms with Gasteiger partial charge in [0, 0.05) is 16.0 Å². The van der Waals surface area contributed by atoms with Crippen LogP contribution in [0.4, 0.5) is 0 Å². The molecule has 3 heteroatoms. The number of aliphatic imine (C=N–C) groups is 1. The van der Waals surface area contributed by atoms with E-state index >= 15 is 0 Å². The van der Waals surface area contributed by atoms with Gasteiger partial charge >= 0.3 is 0 Å². The third kappa shape index (κ3) is 1.73. The van der Waals surface area contributed by atoms with Crippen LogP contribution in [0.1, 0.15) is 28.3 Å². The zero-order chi connectivity index (χ0) is 9.97. The second-order valence-corrected chi connectivity index (χ2v) is 4.53. The first-order valence-corrected chi connectivity index (χ1v) is 5.66. The first kappa shape index (κ1) is 9.46. The standard InChI is InChI=1S/C11H14N2S/c1-3-9-6-8(2)11(14-9)10-4-5-12-7-13-10/h4-7,10H,3H2,1-2H3,(H,12,13). The number of thiophene rings is 1. The summed E-state index contributed by atoms with van der Waals surface area (Å²) in [6.07, 6.45) is 6.92. The van der Waals surface area contributed by atoms with Crippen LogP contribution in [0.3, 0.4) is 0 Å². The van der Waals surface area contributed by atoms with Gasteiger partial charge in [0.15, 0.2) is 0 Å². The molecule has 1 atom stereocenters. The van der Waals surface area contributed by atoms with Crippen molar-refractivity contribution in [2.75, 3.05) is 0 Å². The Morgan fingerprint density at radius 1 is 1.57 bits per heavy atom. The number of nitrogens with one attached hydrogen (secondary N) is 1. The van der Waals surface area contributed by atoms with Crippen molar-refractivity contribution in [2.45, 2.75) is 26.3 Å². The van der Waals surface area contributed by atoms with Crippen molar-refractivity contribution in [3.8, 4) is 0 Å². The molecule has 1 aromatic heterocycles. The molecule has 1 aromatic rings. The van der Waals surface area contributed by atoms with Gasteiger partial charge in [-0.25, -0.2) is 0 Å². The molecule has 0 bridgehead atoms. The van der Waals surface area contributed by atoms with Crippen LogP contribution >= 0.6 is 11.3 Å². The molecule has 1 aliphatic heterocycles.